The molecule has 14 heavy (non-hydrogen) atoms. The molecule has 0 unspecified atom stereocenters. The van der Waals surface area contributed by atoms with Crippen molar-refractivity contribution < 1.29 is 0 Å². The van der Waals surface area contributed by atoms with E-state index in [1.54, 1.807) is 0 Å². The molecule has 0 atom stereocenters. The molecule has 0 saturated carbocycles. The molecule has 2 N–H and O–H groups in total. The van der Waals surface area contributed by atoms with Gasteiger partial charge in [0.05, 0.1) is 0 Å². The maximum Gasteiger partial charge on any atom is -0.00463 e. The quantitative estimate of drug-likeness (QED) is 0.613. The van der Waals surface area contributed by atoms with Crippen molar-refractivity contribution in [1.82, 2.24) is 10.6 Å². The van der Waals surface area contributed by atoms with Crippen LogP contribution in [0, 0.1) is 5.92 Å². The molecule has 0 amide bonds. The summed E-state index contributed by atoms with van der Waals surface area (Å²) in [6.45, 7) is 7.17. The monoisotopic (exact) mass is 198 g/mol. The summed E-state index contributed by atoms with van der Waals surface area (Å²) >= 11 is 0. The highest BCUT2D eigenvalue weighted by atomic mass is 14.9. The lowest BCUT2D eigenvalue weighted by Gasteiger charge is -2.22. The summed E-state index contributed by atoms with van der Waals surface area (Å²) in [4.78, 5) is 0. The fourth-order valence-corrected chi connectivity index (χ4v) is 2.11. The number of hydrogen-bond donors (Lipinski definition) is 2. The van der Waals surface area contributed by atoms with Crippen molar-refractivity contribution in [2.24, 2.45) is 5.92 Å². The summed E-state index contributed by atoms with van der Waals surface area (Å²) in [5.74, 6) is 1.00. The first-order chi connectivity index (χ1) is 6.93. The van der Waals surface area contributed by atoms with Gasteiger partial charge in [0.1, 0.15) is 0 Å². The largest absolute Gasteiger partial charge is 0.317 e. The second-order valence-corrected chi connectivity index (χ2v) is 4.44. The molecule has 84 valence electrons. The first-order valence-electron chi connectivity index (χ1n) is 6.35. The van der Waals surface area contributed by atoms with Crippen LogP contribution in [-0.4, -0.2) is 26.2 Å². The molecule has 0 aromatic heterocycles. The van der Waals surface area contributed by atoms with E-state index < -0.39 is 0 Å². The number of unbranched alkanes of at least 4 members (excludes halogenated alkanes) is 1. The minimum atomic E-state index is 1.00. The first kappa shape index (κ1) is 12.0. The van der Waals surface area contributed by atoms with E-state index in [1.807, 2.05) is 0 Å². The molecule has 1 fully saturated rings. The Kier molecular flexibility index (Phi) is 7.06. The third kappa shape index (κ3) is 5.61. The highest BCUT2D eigenvalue weighted by Crippen LogP contribution is 2.16. The van der Waals surface area contributed by atoms with Crippen LogP contribution in [0.5, 0.6) is 0 Å². The second-order valence-electron chi connectivity index (χ2n) is 4.44. The molecule has 0 spiro atoms. The van der Waals surface area contributed by atoms with Gasteiger partial charge >= 0.3 is 0 Å². The molecule has 1 aliphatic heterocycles. The Morgan fingerprint density at radius 1 is 1.14 bits per heavy atom. The number of rotatable bonds is 7. The second kappa shape index (κ2) is 8.25. The zero-order valence-electron chi connectivity index (χ0n) is 9.65. The van der Waals surface area contributed by atoms with Crippen LogP contribution in [0.1, 0.15) is 45.4 Å². The van der Waals surface area contributed by atoms with E-state index in [-0.39, 0.29) is 0 Å². The van der Waals surface area contributed by atoms with Gasteiger partial charge in [-0.3, -0.25) is 0 Å². The van der Waals surface area contributed by atoms with Crippen LogP contribution in [0.15, 0.2) is 0 Å². The molecule has 0 bridgehead atoms. The van der Waals surface area contributed by atoms with Crippen molar-refractivity contribution in [3.8, 4) is 0 Å². The van der Waals surface area contributed by atoms with Crippen molar-refractivity contribution in [2.75, 3.05) is 26.2 Å². The van der Waals surface area contributed by atoms with Gasteiger partial charge < -0.3 is 10.6 Å². The SMILES string of the molecule is CCCCNCCCC1CCNCC1. The van der Waals surface area contributed by atoms with Crippen LogP contribution in [0.25, 0.3) is 0 Å². The van der Waals surface area contributed by atoms with E-state index in [0.29, 0.717) is 0 Å². The van der Waals surface area contributed by atoms with Crippen LogP contribution in [0.2, 0.25) is 0 Å². The van der Waals surface area contributed by atoms with Gasteiger partial charge in [-0.2, -0.15) is 0 Å². The Hall–Kier alpha value is -0.0800. The Morgan fingerprint density at radius 3 is 2.57 bits per heavy atom. The Morgan fingerprint density at radius 2 is 1.86 bits per heavy atom. The van der Waals surface area contributed by atoms with E-state index in [1.165, 1.54) is 64.7 Å². The topological polar surface area (TPSA) is 24.1 Å². The molecule has 1 rings (SSSR count). The molecule has 0 aromatic carbocycles. The van der Waals surface area contributed by atoms with Crippen molar-refractivity contribution in [2.45, 2.75) is 45.4 Å². The van der Waals surface area contributed by atoms with Gasteiger partial charge in [0.25, 0.3) is 0 Å². The Labute approximate surface area is 88.8 Å². The standard InChI is InChI=1S/C12H26N2/c1-2-3-8-13-9-4-5-12-6-10-14-11-7-12/h12-14H,2-11H2,1H3. The third-order valence-corrected chi connectivity index (χ3v) is 3.13. The van der Waals surface area contributed by atoms with Crippen LogP contribution in [0.4, 0.5) is 0 Å². The van der Waals surface area contributed by atoms with Gasteiger partial charge in [-0.15, -0.1) is 0 Å². The van der Waals surface area contributed by atoms with E-state index in [2.05, 4.69) is 17.6 Å². The van der Waals surface area contributed by atoms with E-state index in [9.17, 15) is 0 Å². The van der Waals surface area contributed by atoms with Crippen molar-refractivity contribution in [3.63, 3.8) is 0 Å². The van der Waals surface area contributed by atoms with Crippen LogP contribution < -0.4 is 10.6 Å². The molecule has 1 aliphatic rings. The lowest BCUT2D eigenvalue weighted by Crippen LogP contribution is -2.28. The minimum Gasteiger partial charge on any atom is -0.317 e. The molecule has 0 radical (unpaired) electrons. The average Bonchev–Trinajstić information content (AvgIpc) is 2.25. The summed E-state index contributed by atoms with van der Waals surface area (Å²) in [5.41, 5.74) is 0. The smallest absolute Gasteiger partial charge is 0.00463 e. The maximum absolute atomic E-state index is 3.51. The van der Waals surface area contributed by atoms with Gasteiger partial charge in [-0.25, -0.2) is 0 Å². The van der Waals surface area contributed by atoms with Crippen molar-refractivity contribution >= 4 is 0 Å². The molecule has 1 heterocycles. The predicted octanol–water partition coefficient (Wildman–Crippen LogP) is 2.16. The van der Waals surface area contributed by atoms with Gasteiger partial charge in [-0.1, -0.05) is 13.3 Å². The lowest BCUT2D eigenvalue weighted by atomic mass is 9.93. The first-order valence-corrected chi connectivity index (χ1v) is 6.35. The molecule has 1 saturated heterocycles. The van der Waals surface area contributed by atoms with E-state index in [4.69, 9.17) is 0 Å². The zero-order valence-corrected chi connectivity index (χ0v) is 9.65. The molecule has 2 nitrogen and oxygen atoms in total. The van der Waals surface area contributed by atoms with Crippen LogP contribution in [0.3, 0.4) is 0 Å². The van der Waals surface area contributed by atoms with Crippen molar-refractivity contribution in [1.29, 1.82) is 0 Å². The van der Waals surface area contributed by atoms with Gasteiger partial charge in [0, 0.05) is 0 Å². The summed E-state index contributed by atoms with van der Waals surface area (Å²) < 4.78 is 0. The minimum absolute atomic E-state index is 1.00. The van der Waals surface area contributed by atoms with Crippen LogP contribution >= 0.6 is 0 Å². The predicted molar refractivity (Wildman–Crippen MR) is 62.6 cm³/mol. The normalized spacial score (nSPS) is 18.6. The van der Waals surface area contributed by atoms with Crippen LogP contribution in [-0.2, 0) is 0 Å². The molecule has 0 aromatic rings. The van der Waals surface area contributed by atoms with Crippen molar-refractivity contribution in [3.05, 3.63) is 0 Å². The molecule has 2 heteroatoms. The fraction of sp³-hybridized carbons (Fsp3) is 1.00. The van der Waals surface area contributed by atoms with E-state index in [0.717, 1.165) is 5.92 Å². The van der Waals surface area contributed by atoms with Gasteiger partial charge in [0.2, 0.25) is 0 Å². The molecular weight excluding hydrogens is 172 g/mol. The molecule has 0 aliphatic carbocycles. The number of hydrogen-bond acceptors (Lipinski definition) is 2. The summed E-state index contributed by atoms with van der Waals surface area (Å²) in [5, 5.41) is 6.93. The number of nitrogens with one attached hydrogen (secondary N) is 2. The Bertz CT molecular complexity index is 119. The summed E-state index contributed by atoms with van der Waals surface area (Å²) in [6.07, 6.45) is 8.23. The lowest BCUT2D eigenvalue weighted by molar-refractivity contribution is 0.344. The van der Waals surface area contributed by atoms with E-state index >= 15 is 0 Å². The highest BCUT2D eigenvalue weighted by molar-refractivity contribution is 4.68. The third-order valence-electron chi connectivity index (χ3n) is 3.13. The van der Waals surface area contributed by atoms with Gasteiger partial charge in [-0.05, 0) is 64.2 Å². The average molecular weight is 198 g/mol. The number of piperidine rings is 1. The summed E-state index contributed by atoms with van der Waals surface area (Å²) in [7, 11) is 0. The Balaban J connectivity index is 1.82. The fourth-order valence-electron chi connectivity index (χ4n) is 2.11. The molecular formula is C12H26N2. The zero-order chi connectivity index (χ0) is 10.1. The maximum atomic E-state index is 3.51. The van der Waals surface area contributed by atoms with Gasteiger partial charge in [0.15, 0.2) is 0 Å². The summed E-state index contributed by atoms with van der Waals surface area (Å²) in [6, 6.07) is 0. The highest BCUT2D eigenvalue weighted by Gasteiger charge is 2.11.